The molecule has 1 N–H and O–H groups in total. The van der Waals surface area contributed by atoms with Gasteiger partial charge in [-0.15, -0.1) is 0 Å². The van der Waals surface area contributed by atoms with Gasteiger partial charge in [-0.2, -0.15) is 0 Å². The van der Waals surface area contributed by atoms with Gasteiger partial charge in [0.25, 0.3) is 0 Å². The summed E-state index contributed by atoms with van der Waals surface area (Å²) in [6.45, 7) is 0.731. The van der Waals surface area contributed by atoms with Crippen molar-refractivity contribution in [3.63, 3.8) is 0 Å². The van der Waals surface area contributed by atoms with Gasteiger partial charge in [0.05, 0.1) is 12.7 Å². The topological polar surface area (TPSA) is 41.3 Å². The molecule has 2 aliphatic heterocycles. The lowest BCUT2D eigenvalue weighted by atomic mass is 9.82. The van der Waals surface area contributed by atoms with Crippen LogP contribution in [-0.2, 0) is 6.54 Å². The van der Waals surface area contributed by atoms with Gasteiger partial charge in [-0.25, -0.2) is 4.98 Å². The molecular weight excluding hydrogens is 358 g/mol. The molecule has 1 aliphatic carbocycles. The van der Waals surface area contributed by atoms with Crippen molar-refractivity contribution >= 4 is 11.6 Å². The van der Waals surface area contributed by atoms with Crippen molar-refractivity contribution in [1.29, 1.82) is 0 Å². The van der Waals surface area contributed by atoms with Crippen LogP contribution in [0.15, 0.2) is 34.9 Å². The van der Waals surface area contributed by atoms with Gasteiger partial charge in [0.2, 0.25) is 0 Å². The molecule has 1 saturated carbocycles. The standard InChI is InChI=1S/C22H28ClN3O/c1-26-18-8-9-19(26)11-16(10-18)21(14-4-6-17(23)7-5-14)24-12-20-13-25-22(27-20)15-2-3-15/h4-7,13,15-16,18-19,21,24H,2-3,8-12H2,1H3. The molecule has 2 saturated heterocycles. The number of benzene rings is 1. The third kappa shape index (κ3) is 3.67. The normalized spacial score (nSPS) is 29.2. The highest BCUT2D eigenvalue weighted by Gasteiger charge is 2.41. The molecule has 0 spiro atoms. The number of oxazole rings is 1. The van der Waals surface area contributed by atoms with Crippen LogP contribution in [0.1, 0.15) is 67.7 Å². The molecule has 27 heavy (non-hydrogen) atoms. The van der Waals surface area contributed by atoms with Crippen LogP contribution < -0.4 is 5.32 Å². The molecule has 0 radical (unpaired) electrons. The van der Waals surface area contributed by atoms with Crippen molar-refractivity contribution in [3.8, 4) is 0 Å². The first-order valence-electron chi connectivity index (χ1n) is 10.3. The first-order valence-corrected chi connectivity index (χ1v) is 10.7. The molecule has 1 aromatic heterocycles. The molecule has 3 unspecified atom stereocenters. The summed E-state index contributed by atoms with van der Waals surface area (Å²) < 4.78 is 5.97. The van der Waals surface area contributed by atoms with Crippen molar-refractivity contribution in [3.05, 3.63) is 52.7 Å². The summed E-state index contributed by atoms with van der Waals surface area (Å²) in [5, 5.41) is 4.60. The lowest BCUT2D eigenvalue weighted by Gasteiger charge is -2.40. The molecule has 5 heteroatoms. The molecular formula is C22H28ClN3O. The zero-order valence-electron chi connectivity index (χ0n) is 15.9. The molecule has 1 aromatic carbocycles. The van der Waals surface area contributed by atoms with Crippen molar-refractivity contribution in [2.45, 2.75) is 69.1 Å². The average Bonchev–Trinajstić information content (AvgIpc) is 3.38. The van der Waals surface area contributed by atoms with E-state index in [1.54, 1.807) is 0 Å². The van der Waals surface area contributed by atoms with E-state index in [-0.39, 0.29) is 0 Å². The highest BCUT2D eigenvalue weighted by Crippen LogP contribution is 2.43. The summed E-state index contributed by atoms with van der Waals surface area (Å²) >= 11 is 6.14. The smallest absolute Gasteiger partial charge is 0.197 e. The maximum Gasteiger partial charge on any atom is 0.197 e. The van der Waals surface area contributed by atoms with E-state index >= 15 is 0 Å². The number of hydrogen-bond donors (Lipinski definition) is 1. The van der Waals surface area contributed by atoms with Gasteiger partial charge < -0.3 is 14.6 Å². The summed E-state index contributed by atoms with van der Waals surface area (Å²) in [7, 11) is 2.30. The van der Waals surface area contributed by atoms with Gasteiger partial charge in [-0.1, -0.05) is 23.7 Å². The maximum absolute atomic E-state index is 6.14. The minimum Gasteiger partial charge on any atom is -0.444 e. The Morgan fingerprint density at radius 3 is 2.52 bits per heavy atom. The van der Waals surface area contributed by atoms with E-state index in [1.807, 2.05) is 18.3 Å². The molecule has 2 aromatic rings. The largest absolute Gasteiger partial charge is 0.444 e. The van der Waals surface area contributed by atoms with Crippen LogP contribution >= 0.6 is 11.6 Å². The molecule has 3 heterocycles. The molecule has 3 atom stereocenters. The zero-order valence-corrected chi connectivity index (χ0v) is 16.7. The number of piperidine rings is 1. The molecule has 3 aliphatic rings. The number of aromatic nitrogens is 1. The summed E-state index contributed by atoms with van der Waals surface area (Å²) in [4.78, 5) is 7.07. The van der Waals surface area contributed by atoms with Gasteiger partial charge in [0.15, 0.2) is 5.89 Å². The van der Waals surface area contributed by atoms with Crippen LogP contribution in [0.5, 0.6) is 0 Å². The monoisotopic (exact) mass is 385 g/mol. The zero-order chi connectivity index (χ0) is 18.4. The van der Waals surface area contributed by atoms with E-state index in [0.29, 0.717) is 17.9 Å². The molecule has 4 nitrogen and oxygen atoms in total. The fraction of sp³-hybridized carbons (Fsp3) is 0.591. The number of nitrogens with one attached hydrogen (secondary N) is 1. The van der Waals surface area contributed by atoms with Crippen LogP contribution in [0.4, 0.5) is 0 Å². The van der Waals surface area contributed by atoms with E-state index < -0.39 is 0 Å². The Hall–Kier alpha value is -1.36. The van der Waals surface area contributed by atoms with Gasteiger partial charge in [-0.3, -0.25) is 0 Å². The number of hydrogen-bond acceptors (Lipinski definition) is 4. The first kappa shape index (κ1) is 17.7. The fourth-order valence-corrected chi connectivity index (χ4v) is 5.21. The van der Waals surface area contributed by atoms with Gasteiger partial charge in [-0.05, 0) is 69.2 Å². The van der Waals surface area contributed by atoms with E-state index in [0.717, 1.165) is 35.3 Å². The van der Waals surface area contributed by atoms with Crippen LogP contribution in [0.3, 0.4) is 0 Å². The molecule has 0 amide bonds. The number of rotatable bonds is 6. The Bertz CT molecular complexity index is 771. The quantitative estimate of drug-likeness (QED) is 0.767. The van der Waals surface area contributed by atoms with Crippen LogP contribution in [0.25, 0.3) is 0 Å². The second kappa shape index (κ2) is 7.23. The Morgan fingerprint density at radius 1 is 1.15 bits per heavy atom. The Balaban J connectivity index is 1.33. The predicted octanol–water partition coefficient (Wildman–Crippen LogP) is 4.91. The van der Waals surface area contributed by atoms with Crippen molar-refractivity contribution < 1.29 is 4.42 Å². The second-order valence-corrected chi connectivity index (χ2v) is 9.07. The summed E-state index contributed by atoms with van der Waals surface area (Å²) in [5.74, 6) is 3.08. The first-order chi connectivity index (χ1) is 13.2. The highest BCUT2D eigenvalue weighted by atomic mass is 35.5. The number of halogens is 1. The minimum atomic E-state index is 0.327. The minimum absolute atomic E-state index is 0.327. The van der Waals surface area contributed by atoms with Crippen molar-refractivity contribution in [1.82, 2.24) is 15.2 Å². The molecule has 144 valence electrons. The summed E-state index contributed by atoms with van der Waals surface area (Å²) in [5.41, 5.74) is 1.33. The third-order valence-electron chi connectivity index (χ3n) is 6.83. The third-order valence-corrected chi connectivity index (χ3v) is 7.08. The number of nitrogens with zero attached hydrogens (tertiary/aromatic N) is 2. The molecule has 3 fully saturated rings. The van der Waals surface area contributed by atoms with E-state index in [1.165, 1.54) is 44.1 Å². The van der Waals surface area contributed by atoms with Crippen molar-refractivity contribution in [2.75, 3.05) is 7.05 Å². The average molecular weight is 386 g/mol. The predicted molar refractivity (Wildman–Crippen MR) is 107 cm³/mol. The Morgan fingerprint density at radius 2 is 1.85 bits per heavy atom. The van der Waals surface area contributed by atoms with Gasteiger partial charge in [0.1, 0.15) is 5.76 Å². The van der Waals surface area contributed by atoms with E-state index in [4.69, 9.17) is 16.0 Å². The lowest BCUT2D eigenvalue weighted by molar-refractivity contribution is 0.111. The Kier molecular flexibility index (Phi) is 4.75. The number of fused-ring (bicyclic) bond motifs is 2. The second-order valence-electron chi connectivity index (χ2n) is 8.63. The van der Waals surface area contributed by atoms with Crippen LogP contribution in [0.2, 0.25) is 5.02 Å². The van der Waals surface area contributed by atoms with Crippen LogP contribution in [0, 0.1) is 5.92 Å². The van der Waals surface area contributed by atoms with Crippen LogP contribution in [-0.4, -0.2) is 29.0 Å². The lowest BCUT2D eigenvalue weighted by Crippen LogP contribution is -2.43. The summed E-state index contributed by atoms with van der Waals surface area (Å²) in [6.07, 6.45) is 9.56. The van der Waals surface area contributed by atoms with E-state index in [9.17, 15) is 0 Å². The highest BCUT2D eigenvalue weighted by molar-refractivity contribution is 6.30. The Labute approximate surface area is 166 Å². The van der Waals surface area contributed by atoms with Crippen molar-refractivity contribution in [2.24, 2.45) is 5.92 Å². The summed E-state index contributed by atoms with van der Waals surface area (Å²) in [6, 6.07) is 10.2. The molecule has 5 rings (SSSR count). The fourth-order valence-electron chi connectivity index (χ4n) is 5.09. The SMILES string of the molecule is CN1C2CCC1CC(C(NCc1cnc(C3CC3)o1)c1ccc(Cl)cc1)C2. The maximum atomic E-state index is 6.14. The molecule has 2 bridgehead atoms. The van der Waals surface area contributed by atoms with E-state index in [2.05, 4.69) is 34.4 Å². The van der Waals surface area contributed by atoms with Gasteiger partial charge in [0, 0.05) is 29.1 Å². The van der Waals surface area contributed by atoms with Gasteiger partial charge >= 0.3 is 0 Å².